The Labute approximate surface area is 174 Å². The van der Waals surface area contributed by atoms with Gasteiger partial charge >= 0.3 is 5.63 Å². The minimum Gasteiger partial charge on any atom is -0.496 e. The molecule has 2 aliphatic rings. The molecule has 2 unspecified atom stereocenters. The van der Waals surface area contributed by atoms with Crippen LogP contribution in [0.4, 0.5) is 0 Å². The molecule has 1 saturated carbocycles. The van der Waals surface area contributed by atoms with Gasteiger partial charge in [0.05, 0.1) is 19.1 Å². The Morgan fingerprint density at radius 1 is 1.03 bits per heavy atom. The molecule has 0 spiro atoms. The quantitative estimate of drug-likeness (QED) is 0.632. The molecule has 1 fully saturated rings. The van der Waals surface area contributed by atoms with E-state index in [1.807, 2.05) is 42.5 Å². The van der Waals surface area contributed by atoms with Crippen LogP contribution < -0.4 is 21.0 Å². The number of hydrogen-bond acceptors (Lipinski definition) is 5. The standard InChI is InChI=1S/C25H24O5/c1-4-16-9-10-18-19(11-16)23(26)30-22-13-25(15-24(25,28-3)12-20(18)22)29-14-17-7-5-6-8-21(17)27-2/h5-13H,4,14-15H2,1-3H3. The van der Waals surface area contributed by atoms with Crippen molar-refractivity contribution in [2.75, 3.05) is 14.2 Å². The fourth-order valence-corrected chi connectivity index (χ4v) is 4.50. The molecule has 5 nitrogen and oxygen atoms in total. The van der Waals surface area contributed by atoms with Crippen molar-refractivity contribution in [2.45, 2.75) is 37.6 Å². The number of benzene rings is 2. The average molecular weight is 404 g/mol. The van der Waals surface area contributed by atoms with Gasteiger partial charge in [-0.2, -0.15) is 0 Å². The molecule has 5 rings (SSSR count). The van der Waals surface area contributed by atoms with Crippen molar-refractivity contribution in [1.82, 2.24) is 0 Å². The molecule has 1 heterocycles. The summed E-state index contributed by atoms with van der Waals surface area (Å²) in [5.41, 5.74) is 1.05. The van der Waals surface area contributed by atoms with Gasteiger partial charge in [0.15, 0.2) is 0 Å². The van der Waals surface area contributed by atoms with E-state index in [0.717, 1.165) is 33.9 Å². The van der Waals surface area contributed by atoms with E-state index in [9.17, 15) is 4.79 Å². The Balaban J connectivity index is 1.60. The molecular formula is C25H24O5. The zero-order valence-corrected chi connectivity index (χ0v) is 17.4. The van der Waals surface area contributed by atoms with Crippen LogP contribution in [0.1, 0.15) is 24.5 Å². The predicted molar refractivity (Wildman–Crippen MR) is 115 cm³/mol. The fraction of sp³-hybridized carbons (Fsp3) is 0.320. The third kappa shape index (κ3) is 2.73. The minimum atomic E-state index is -0.664. The van der Waals surface area contributed by atoms with E-state index in [-0.39, 0.29) is 5.63 Å². The lowest BCUT2D eigenvalue weighted by Crippen LogP contribution is -2.42. The van der Waals surface area contributed by atoms with Gasteiger partial charge in [-0.25, -0.2) is 4.79 Å². The van der Waals surface area contributed by atoms with Gasteiger partial charge in [0.1, 0.15) is 22.4 Å². The summed E-state index contributed by atoms with van der Waals surface area (Å²) < 4.78 is 23.4. The first-order chi connectivity index (χ1) is 14.5. The van der Waals surface area contributed by atoms with Crippen LogP contribution in [0.2, 0.25) is 0 Å². The second-order valence-electron chi connectivity index (χ2n) is 7.95. The van der Waals surface area contributed by atoms with E-state index in [1.165, 1.54) is 0 Å². The first kappa shape index (κ1) is 19.1. The molecule has 2 aliphatic carbocycles. The van der Waals surface area contributed by atoms with Gasteiger partial charge in [0.2, 0.25) is 0 Å². The summed E-state index contributed by atoms with van der Waals surface area (Å²) in [6.07, 6.45) is 5.50. The number of rotatable bonds is 6. The normalized spacial score (nSPS) is 23.8. The lowest BCUT2D eigenvalue weighted by molar-refractivity contribution is -0.00580. The van der Waals surface area contributed by atoms with E-state index in [0.29, 0.717) is 23.8 Å². The summed E-state index contributed by atoms with van der Waals surface area (Å²) in [4.78, 5) is 12.7. The van der Waals surface area contributed by atoms with Crippen LogP contribution in [-0.2, 0) is 22.5 Å². The molecule has 2 atom stereocenters. The van der Waals surface area contributed by atoms with E-state index in [1.54, 1.807) is 14.2 Å². The van der Waals surface area contributed by atoms with Gasteiger partial charge in [-0.15, -0.1) is 0 Å². The molecule has 0 aliphatic heterocycles. The van der Waals surface area contributed by atoms with Gasteiger partial charge in [0, 0.05) is 24.3 Å². The number of aryl methyl sites for hydroxylation is 1. The summed E-state index contributed by atoms with van der Waals surface area (Å²) in [5.74, 6) is 0.780. The van der Waals surface area contributed by atoms with Crippen LogP contribution in [0.3, 0.4) is 0 Å². The second kappa shape index (κ2) is 6.83. The Morgan fingerprint density at radius 3 is 2.63 bits per heavy atom. The van der Waals surface area contributed by atoms with Gasteiger partial charge in [-0.3, -0.25) is 0 Å². The number of fused-ring (bicyclic) bond motifs is 4. The van der Waals surface area contributed by atoms with Crippen LogP contribution in [0.15, 0.2) is 51.7 Å². The number of hydrogen-bond donors (Lipinski definition) is 0. The van der Waals surface area contributed by atoms with E-state index in [4.69, 9.17) is 18.6 Å². The van der Waals surface area contributed by atoms with Crippen molar-refractivity contribution in [2.24, 2.45) is 0 Å². The zero-order chi connectivity index (χ0) is 20.9. The van der Waals surface area contributed by atoms with Gasteiger partial charge in [0.25, 0.3) is 0 Å². The molecule has 2 aromatic carbocycles. The molecular weight excluding hydrogens is 380 g/mol. The molecule has 5 heteroatoms. The number of methoxy groups -OCH3 is 2. The summed E-state index contributed by atoms with van der Waals surface area (Å²) in [6.45, 7) is 2.44. The minimum absolute atomic E-state index is 0.325. The monoisotopic (exact) mass is 404 g/mol. The van der Waals surface area contributed by atoms with Crippen LogP contribution in [0.25, 0.3) is 22.9 Å². The molecule has 30 heavy (non-hydrogen) atoms. The number of ether oxygens (including phenoxy) is 3. The highest BCUT2D eigenvalue weighted by Gasteiger charge is 2.69. The maximum atomic E-state index is 12.7. The summed E-state index contributed by atoms with van der Waals surface area (Å²) in [6, 6.07) is 13.8. The first-order valence-electron chi connectivity index (χ1n) is 10.2. The van der Waals surface area contributed by atoms with Crippen molar-refractivity contribution in [3.8, 4) is 5.75 Å². The Hall–Kier alpha value is -2.89. The molecule has 154 valence electrons. The van der Waals surface area contributed by atoms with Gasteiger partial charge in [-0.05, 0) is 41.7 Å². The molecule has 1 aromatic heterocycles. The van der Waals surface area contributed by atoms with E-state index < -0.39 is 11.2 Å². The first-order valence-corrected chi connectivity index (χ1v) is 10.2. The number of para-hydroxylation sites is 1. The van der Waals surface area contributed by atoms with Crippen molar-refractivity contribution < 1.29 is 18.6 Å². The largest absolute Gasteiger partial charge is 0.496 e. The van der Waals surface area contributed by atoms with Gasteiger partial charge < -0.3 is 18.6 Å². The topological polar surface area (TPSA) is 57.9 Å². The van der Waals surface area contributed by atoms with Crippen LogP contribution >= 0.6 is 0 Å². The summed E-state index contributed by atoms with van der Waals surface area (Å²) in [7, 11) is 3.34. The highest BCUT2D eigenvalue weighted by atomic mass is 16.6. The third-order valence-electron chi connectivity index (χ3n) is 6.37. The van der Waals surface area contributed by atoms with Crippen molar-refractivity contribution in [3.63, 3.8) is 0 Å². The van der Waals surface area contributed by atoms with E-state index >= 15 is 0 Å². The SMILES string of the molecule is CCc1ccc2c3c(oc(=O)c2c1)=CC1(OCc2ccccc2OC)CC1(OC)C=3. The molecule has 0 N–H and O–H groups in total. The lowest BCUT2D eigenvalue weighted by atomic mass is 10.0. The smallest absolute Gasteiger partial charge is 0.344 e. The summed E-state index contributed by atoms with van der Waals surface area (Å²) in [5, 5.41) is 2.38. The molecule has 0 bridgehead atoms. The summed E-state index contributed by atoms with van der Waals surface area (Å²) >= 11 is 0. The maximum Gasteiger partial charge on any atom is 0.344 e. The van der Waals surface area contributed by atoms with E-state index in [2.05, 4.69) is 19.1 Å². The maximum absolute atomic E-state index is 12.7. The average Bonchev–Trinajstić information content (AvgIpc) is 3.44. The zero-order valence-electron chi connectivity index (χ0n) is 17.4. The van der Waals surface area contributed by atoms with Crippen molar-refractivity contribution in [1.29, 1.82) is 0 Å². The van der Waals surface area contributed by atoms with Crippen LogP contribution in [-0.4, -0.2) is 25.4 Å². The van der Waals surface area contributed by atoms with Crippen LogP contribution in [0, 0.1) is 0 Å². The second-order valence-corrected chi connectivity index (χ2v) is 7.95. The Kier molecular flexibility index (Phi) is 4.34. The molecule has 0 radical (unpaired) electrons. The van der Waals surface area contributed by atoms with Crippen molar-refractivity contribution in [3.05, 3.63) is 74.6 Å². The molecule has 0 amide bonds. The predicted octanol–water partition coefficient (Wildman–Crippen LogP) is 2.68. The third-order valence-corrected chi connectivity index (χ3v) is 6.37. The lowest BCUT2D eigenvalue weighted by Gasteiger charge is -2.23. The van der Waals surface area contributed by atoms with Gasteiger partial charge in [-0.1, -0.05) is 37.3 Å². The highest BCUT2D eigenvalue weighted by molar-refractivity contribution is 5.85. The Bertz CT molecular complexity index is 1320. The van der Waals surface area contributed by atoms with Crippen molar-refractivity contribution >= 4 is 22.9 Å². The Morgan fingerprint density at radius 2 is 1.87 bits per heavy atom. The van der Waals surface area contributed by atoms with Crippen LogP contribution in [0.5, 0.6) is 5.75 Å². The molecule has 0 saturated heterocycles. The molecule has 3 aromatic rings. The highest BCUT2D eigenvalue weighted by Crippen LogP contribution is 2.57. The fourth-order valence-electron chi connectivity index (χ4n) is 4.50.